The topological polar surface area (TPSA) is 32.8 Å². The van der Waals surface area contributed by atoms with Gasteiger partial charge in [-0.3, -0.25) is 9.69 Å². The number of hydrogen-bond donors (Lipinski definition) is 0. The number of carbonyl (C=O) groups is 1. The van der Waals surface area contributed by atoms with E-state index in [4.69, 9.17) is 4.74 Å². The lowest BCUT2D eigenvalue weighted by Gasteiger charge is -2.31. The van der Waals surface area contributed by atoms with Crippen LogP contribution in [0, 0.1) is 17.8 Å². The Hall–Kier alpha value is -1.85. The first kappa shape index (κ1) is 22.8. The van der Waals surface area contributed by atoms with Gasteiger partial charge >= 0.3 is 0 Å². The Bertz CT molecular complexity index is 803. The van der Waals surface area contributed by atoms with Gasteiger partial charge in [0.1, 0.15) is 5.75 Å². The van der Waals surface area contributed by atoms with E-state index in [0.29, 0.717) is 17.8 Å². The second kappa shape index (κ2) is 10.5. The maximum absolute atomic E-state index is 12.9. The highest BCUT2D eigenvalue weighted by molar-refractivity contribution is 7.07. The van der Waals surface area contributed by atoms with Crippen LogP contribution < -0.4 is 4.74 Å². The predicted molar refractivity (Wildman–Crippen MR) is 125 cm³/mol. The largest absolute Gasteiger partial charge is 0.497 e. The average molecular weight is 429 g/mol. The van der Waals surface area contributed by atoms with Crippen molar-refractivity contribution in [2.75, 3.05) is 33.3 Å². The molecule has 0 saturated carbocycles. The molecule has 2 aromatic rings. The molecule has 0 N–H and O–H groups in total. The first-order valence-corrected chi connectivity index (χ1v) is 12.0. The van der Waals surface area contributed by atoms with E-state index in [1.165, 1.54) is 11.1 Å². The molecule has 4 nitrogen and oxygen atoms in total. The van der Waals surface area contributed by atoms with E-state index in [-0.39, 0.29) is 11.8 Å². The van der Waals surface area contributed by atoms with Crippen LogP contribution in [0.2, 0.25) is 0 Å². The van der Waals surface area contributed by atoms with Crippen LogP contribution in [0.25, 0.3) is 0 Å². The van der Waals surface area contributed by atoms with E-state index in [1.54, 1.807) is 18.4 Å². The number of methoxy groups -OCH3 is 1. The summed E-state index contributed by atoms with van der Waals surface area (Å²) in [5.41, 5.74) is 2.69. The number of rotatable bonds is 9. The Morgan fingerprint density at radius 2 is 2.03 bits per heavy atom. The van der Waals surface area contributed by atoms with Crippen LogP contribution in [-0.2, 0) is 11.3 Å². The van der Waals surface area contributed by atoms with E-state index in [1.807, 2.05) is 19.9 Å². The van der Waals surface area contributed by atoms with Crippen LogP contribution in [0.5, 0.6) is 5.75 Å². The van der Waals surface area contributed by atoms with Crippen LogP contribution in [-0.4, -0.2) is 49.0 Å². The van der Waals surface area contributed by atoms with Crippen molar-refractivity contribution in [2.24, 2.45) is 17.8 Å². The van der Waals surface area contributed by atoms with E-state index in [2.05, 4.69) is 58.7 Å². The van der Waals surface area contributed by atoms with E-state index >= 15 is 0 Å². The molecule has 2 atom stereocenters. The van der Waals surface area contributed by atoms with Gasteiger partial charge < -0.3 is 9.64 Å². The molecule has 0 spiro atoms. The van der Waals surface area contributed by atoms with Crippen molar-refractivity contribution < 1.29 is 9.53 Å². The van der Waals surface area contributed by atoms with Gasteiger partial charge in [0, 0.05) is 44.6 Å². The Morgan fingerprint density at radius 3 is 2.67 bits per heavy atom. The van der Waals surface area contributed by atoms with Gasteiger partial charge in [-0.1, -0.05) is 39.8 Å². The summed E-state index contributed by atoms with van der Waals surface area (Å²) in [6.45, 7) is 13.0. The summed E-state index contributed by atoms with van der Waals surface area (Å²) in [5, 5.41) is 4.38. The van der Waals surface area contributed by atoms with Gasteiger partial charge in [0.25, 0.3) is 0 Å². The lowest BCUT2D eigenvalue weighted by atomic mass is 9.88. The number of hydrogen-bond acceptors (Lipinski definition) is 4. The normalized spacial score (nSPS) is 19.6. The van der Waals surface area contributed by atoms with Crippen molar-refractivity contribution in [1.82, 2.24) is 9.80 Å². The Labute approximate surface area is 185 Å². The minimum atomic E-state index is 0.0299. The van der Waals surface area contributed by atoms with Gasteiger partial charge in [0.05, 0.1) is 7.11 Å². The highest BCUT2D eigenvalue weighted by Crippen LogP contribution is 2.36. The molecule has 1 aromatic heterocycles. The average Bonchev–Trinajstić information content (AvgIpc) is 3.36. The number of ether oxygens (including phenoxy) is 1. The van der Waals surface area contributed by atoms with Crippen LogP contribution in [0.3, 0.4) is 0 Å². The van der Waals surface area contributed by atoms with Crippen LogP contribution in [0.15, 0.2) is 41.1 Å². The zero-order valence-electron chi connectivity index (χ0n) is 19.0. The minimum Gasteiger partial charge on any atom is -0.497 e. The number of thiophene rings is 1. The van der Waals surface area contributed by atoms with Gasteiger partial charge in [-0.15, -0.1) is 0 Å². The lowest BCUT2D eigenvalue weighted by molar-refractivity contribution is -0.135. The summed E-state index contributed by atoms with van der Waals surface area (Å²) in [5.74, 6) is 2.48. The molecule has 164 valence electrons. The molecule has 1 amide bonds. The fraction of sp³-hybridized carbons (Fsp3) is 0.560. The molecular formula is C25H36N2O2S. The highest BCUT2D eigenvalue weighted by atomic mass is 32.1. The third-order valence-corrected chi connectivity index (χ3v) is 6.60. The van der Waals surface area contributed by atoms with E-state index in [0.717, 1.165) is 38.5 Å². The van der Waals surface area contributed by atoms with Crippen molar-refractivity contribution in [3.05, 3.63) is 52.2 Å². The van der Waals surface area contributed by atoms with Gasteiger partial charge in [-0.05, 0) is 51.9 Å². The molecule has 1 aliphatic rings. The Morgan fingerprint density at radius 1 is 1.23 bits per heavy atom. The summed E-state index contributed by atoms with van der Waals surface area (Å²) in [7, 11) is 1.72. The summed E-state index contributed by atoms with van der Waals surface area (Å²) < 4.78 is 5.49. The van der Waals surface area contributed by atoms with Crippen LogP contribution in [0.1, 0.15) is 44.7 Å². The molecule has 1 aliphatic heterocycles. The molecule has 0 unspecified atom stereocenters. The van der Waals surface area contributed by atoms with Crippen molar-refractivity contribution >= 4 is 17.2 Å². The highest BCUT2D eigenvalue weighted by Gasteiger charge is 2.36. The monoisotopic (exact) mass is 428 g/mol. The van der Waals surface area contributed by atoms with Gasteiger partial charge in [-0.25, -0.2) is 0 Å². The Kier molecular flexibility index (Phi) is 7.95. The van der Waals surface area contributed by atoms with Gasteiger partial charge in [0.15, 0.2) is 0 Å². The maximum atomic E-state index is 12.9. The predicted octanol–water partition coefficient (Wildman–Crippen LogP) is 5.11. The van der Waals surface area contributed by atoms with Crippen molar-refractivity contribution in [2.45, 2.75) is 40.2 Å². The summed E-state index contributed by atoms with van der Waals surface area (Å²) >= 11 is 1.75. The molecule has 0 bridgehead atoms. The molecule has 1 saturated heterocycles. The first-order chi connectivity index (χ1) is 14.4. The maximum Gasteiger partial charge on any atom is 0.225 e. The molecule has 2 heterocycles. The van der Waals surface area contributed by atoms with Crippen LogP contribution >= 0.6 is 11.3 Å². The molecule has 0 radical (unpaired) electrons. The summed E-state index contributed by atoms with van der Waals surface area (Å²) in [6, 6.07) is 10.7. The molecule has 3 rings (SSSR count). The van der Waals surface area contributed by atoms with Crippen molar-refractivity contribution in [3.8, 4) is 5.75 Å². The molecular weight excluding hydrogens is 392 g/mol. The van der Waals surface area contributed by atoms with Gasteiger partial charge in [-0.2, -0.15) is 11.3 Å². The first-order valence-electron chi connectivity index (χ1n) is 11.0. The fourth-order valence-corrected chi connectivity index (χ4v) is 5.17. The smallest absolute Gasteiger partial charge is 0.225 e. The summed E-state index contributed by atoms with van der Waals surface area (Å²) in [6.07, 6.45) is 0. The zero-order chi connectivity index (χ0) is 21.7. The number of benzene rings is 1. The number of amides is 1. The van der Waals surface area contributed by atoms with E-state index < -0.39 is 0 Å². The van der Waals surface area contributed by atoms with Crippen molar-refractivity contribution in [1.29, 1.82) is 0 Å². The number of likely N-dealkylation sites (tertiary alicyclic amines) is 1. The molecule has 0 aliphatic carbocycles. The minimum absolute atomic E-state index is 0.0299. The van der Waals surface area contributed by atoms with Gasteiger partial charge in [0.2, 0.25) is 5.91 Å². The second-order valence-corrected chi connectivity index (χ2v) is 10.0. The third kappa shape index (κ3) is 5.86. The van der Waals surface area contributed by atoms with Crippen molar-refractivity contribution in [3.63, 3.8) is 0 Å². The molecule has 30 heavy (non-hydrogen) atoms. The molecule has 5 heteroatoms. The molecule has 1 fully saturated rings. The number of carbonyl (C=O) groups excluding carboxylic acids is 1. The van der Waals surface area contributed by atoms with Crippen LogP contribution in [0.4, 0.5) is 0 Å². The second-order valence-electron chi connectivity index (χ2n) is 9.26. The summed E-state index contributed by atoms with van der Waals surface area (Å²) in [4.78, 5) is 17.6. The Balaban J connectivity index is 1.83. The quantitative estimate of drug-likeness (QED) is 0.556. The fourth-order valence-electron chi connectivity index (χ4n) is 4.51. The number of nitrogens with zero attached hydrogens (tertiary/aromatic N) is 2. The zero-order valence-corrected chi connectivity index (χ0v) is 19.8. The lowest BCUT2D eigenvalue weighted by Crippen LogP contribution is -2.41. The standard InChI is InChI=1S/C25H36N2O2S/c1-18(2)12-27(25(28)19(3)4)15-22-14-26(13-20-9-10-30-17-20)16-24(22)21-7-6-8-23(11-21)29-5/h6-11,17-19,22,24H,12-16H2,1-5H3/t22-,24-/m1/s1. The third-order valence-electron chi connectivity index (χ3n) is 5.87. The van der Waals surface area contributed by atoms with E-state index in [9.17, 15) is 4.79 Å². The SMILES string of the molecule is COc1cccc([C@H]2CN(Cc3ccsc3)C[C@@H]2CN(CC(C)C)C(=O)C(C)C)c1. The molecule has 1 aromatic carbocycles.